The van der Waals surface area contributed by atoms with Crippen molar-refractivity contribution in [2.24, 2.45) is 5.92 Å². The Balaban J connectivity index is 1.39. The molecule has 0 radical (unpaired) electrons. The summed E-state index contributed by atoms with van der Waals surface area (Å²) >= 11 is 0. The standard InChI is InChI=1S/C20H28N2O2/c1-15(14-22-11-4-8-19(22)23)13-21-17-12-20(9-5-10-20)24-18-7-3-2-6-16(17)18/h2-3,6-7,15,17,21H,4-5,8-14H2,1H3/t15-,17+/m0/s1. The molecular weight excluding hydrogens is 300 g/mol. The maximum absolute atomic E-state index is 11.8. The molecule has 1 aliphatic carbocycles. The van der Waals surface area contributed by atoms with Gasteiger partial charge in [-0.25, -0.2) is 0 Å². The number of rotatable bonds is 5. The van der Waals surface area contributed by atoms with E-state index in [0.29, 0.717) is 17.9 Å². The van der Waals surface area contributed by atoms with Crippen molar-refractivity contribution < 1.29 is 9.53 Å². The molecule has 1 saturated carbocycles. The summed E-state index contributed by atoms with van der Waals surface area (Å²) in [5.41, 5.74) is 1.36. The minimum absolute atomic E-state index is 0.0696. The van der Waals surface area contributed by atoms with Crippen molar-refractivity contribution in [1.82, 2.24) is 10.2 Å². The van der Waals surface area contributed by atoms with E-state index in [0.717, 1.165) is 44.6 Å². The molecule has 130 valence electrons. The Labute approximate surface area is 144 Å². The van der Waals surface area contributed by atoms with Crippen LogP contribution in [0.1, 0.15) is 57.1 Å². The van der Waals surface area contributed by atoms with Crippen LogP contribution in [0.5, 0.6) is 5.75 Å². The number of hydrogen-bond acceptors (Lipinski definition) is 3. The van der Waals surface area contributed by atoms with Gasteiger partial charge in [0.1, 0.15) is 11.4 Å². The molecule has 0 bridgehead atoms. The van der Waals surface area contributed by atoms with E-state index in [4.69, 9.17) is 4.74 Å². The largest absolute Gasteiger partial charge is 0.487 e. The Hall–Kier alpha value is -1.55. The van der Waals surface area contributed by atoms with Crippen LogP contribution < -0.4 is 10.1 Å². The zero-order valence-corrected chi connectivity index (χ0v) is 14.6. The quantitative estimate of drug-likeness (QED) is 0.902. The van der Waals surface area contributed by atoms with E-state index in [2.05, 4.69) is 36.5 Å². The summed E-state index contributed by atoms with van der Waals surface area (Å²) < 4.78 is 6.32. The number of carbonyl (C=O) groups is 1. The first-order valence-corrected chi connectivity index (χ1v) is 9.44. The normalized spacial score (nSPS) is 26.0. The lowest BCUT2D eigenvalue weighted by Crippen LogP contribution is -2.49. The minimum atomic E-state index is 0.0696. The highest BCUT2D eigenvalue weighted by molar-refractivity contribution is 5.78. The summed E-state index contributed by atoms with van der Waals surface area (Å²) in [5, 5.41) is 3.77. The van der Waals surface area contributed by atoms with Crippen LogP contribution in [-0.4, -0.2) is 36.0 Å². The molecule has 4 nitrogen and oxygen atoms in total. The van der Waals surface area contributed by atoms with Gasteiger partial charge in [0.05, 0.1) is 0 Å². The molecular formula is C20H28N2O2. The number of amides is 1. The molecule has 24 heavy (non-hydrogen) atoms. The first kappa shape index (κ1) is 15.9. The van der Waals surface area contributed by atoms with Gasteiger partial charge in [0.15, 0.2) is 0 Å². The van der Waals surface area contributed by atoms with Crippen molar-refractivity contribution in [3.05, 3.63) is 29.8 Å². The van der Waals surface area contributed by atoms with Crippen LogP contribution in [-0.2, 0) is 4.79 Å². The average molecular weight is 328 g/mol. The highest BCUT2D eigenvalue weighted by Gasteiger charge is 2.45. The molecule has 1 aromatic carbocycles. The predicted molar refractivity (Wildman–Crippen MR) is 94.0 cm³/mol. The van der Waals surface area contributed by atoms with E-state index in [1.807, 2.05) is 4.90 Å². The van der Waals surface area contributed by atoms with Gasteiger partial charge in [-0.2, -0.15) is 0 Å². The van der Waals surface area contributed by atoms with E-state index in [-0.39, 0.29) is 5.60 Å². The topological polar surface area (TPSA) is 41.6 Å². The molecule has 3 aliphatic rings. The number of benzene rings is 1. The van der Waals surface area contributed by atoms with Gasteiger partial charge in [0, 0.05) is 37.5 Å². The van der Waals surface area contributed by atoms with Crippen molar-refractivity contribution in [1.29, 1.82) is 0 Å². The van der Waals surface area contributed by atoms with Crippen LogP contribution in [0.15, 0.2) is 24.3 Å². The lowest BCUT2D eigenvalue weighted by molar-refractivity contribution is -0.128. The Morgan fingerprint density at radius 1 is 1.33 bits per heavy atom. The summed E-state index contributed by atoms with van der Waals surface area (Å²) in [6.07, 6.45) is 6.46. The second-order valence-corrected chi connectivity index (χ2v) is 7.89. The number of fused-ring (bicyclic) bond motifs is 1. The van der Waals surface area contributed by atoms with Crippen LogP contribution in [0.3, 0.4) is 0 Å². The molecule has 0 unspecified atom stereocenters. The predicted octanol–water partition coefficient (Wildman–Crippen LogP) is 3.28. The smallest absolute Gasteiger partial charge is 0.222 e. The highest BCUT2D eigenvalue weighted by atomic mass is 16.5. The van der Waals surface area contributed by atoms with Crippen molar-refractivity contribution in [2.75, 3.05) is 19.6 Å². The van der Waals surface area contributed by atoms with Crippen molar-refractivity contribution >= 4 is 5.91 Å². The summed E-state index contributed by atoms with van der Waals surface area (Å²) in [6.45, 7) is 5.00. The zero-order chi connectivity index (χ0) is 16.6. The SMILES string of the molecule is C[C@@H](CN[C@@H]1CC2(CCC2)Oc2ccccc21)CN1CCCC1=O. The van der Waals surface area contributed by atoms with Gasteiger partial charge in [-0.05, 0) is 44.2 Å². The lowest BCUT2D eigenvalue weighted by atomic mass is 9.73. The summed E-state index contributed by atoms with van der Waals surface area (Å²) in [6, 6.07) is 8.83. The number of nitrogens with zero attached hydrogens (tertiary/aromatic N) is 1. The lowest BCUT2D eigenvalue weighted by Gasteiger charge is -2.48. The molecule has 1 spiro atoms. The molecule has 1 aromatic rings. The van der Waals surface area contributed by atoms with Gasteiger partial charge in [-0.15, -0.1) is 0 Å². The minimum Gasteiger partial charge on any atom is -0.487 e. The molecule has 0 aromatic heterocycles. The van der Waals surface area contributed by atoms with Crippen molar-refractivity contribution in [2.45, 2.75) is 57.1 Å². The fourth-order valence-electron chi connectivity index (χ4n) is 4.36. The van der Waals surface area contributed by atoms with E-state index in [9.17, 15) is 4.79 Å². The van der Waals surface area contributed by atoms with Crippen molar-refractivity contribution in [3.8, 4) is 5.75 Å². The van der Waals surface area contributed by atoms with Gasteiger partial charge in [0.25, 0.3) is 0 Å². The van der Waals surface area contributed by atoms with Crippen LogP contribution in [0, 0.1) is 5.92 Å². The third kappa shape index (κ3) is 3.04. The average Bonchev–Trinajstić information content (AvgIpc) is 2.96. The number of ether oxygens (including phenoxy) is 1. The summed E-state index contributed by atoms with van der Waals surface area (Å²) in [5.74, 6) is 1.86. The number of hydrogen-bond donors (Lipinski definition) is 1. The monoisotopic (exact) mass is 328 g/mol. The van der Waals surface area contributed by atoms with Crippen LogP contribution in [0.25, 0.3) is 0 Å². The molecule has 4 heteroatoms. The molecule has 2 atom stereocenters. The number of likely N-dealkylation sites (tertiary alicyclic amines) is 1. The molecule has 2 fully saturated rings. The molecule has 2 aliphatic heterocycles. The fourth-order valence-corrected chi connectivity index (χ4v) is 4.36. The molecule has 4 rings (SSSR count). The van der Waals surface area contributed by atoms with Gasteiger partial charge in [-0.1, -0.05) is 25.1 Å². The van der Waals surface area contributed by atoms with Crippen LogP contribution in [0.4, 0.5) is 0 Å². The van der Waals surface area contributed by atoms with E-state index >= 15 is 0 Å². The second kappa shape index (κ2) is 6.40. The van der Waals surface area contributed by atoms with Gasteiger partial charge >= 0.3 is 0 Å². The number of nitrogens with one attached hydrogen (secondary N) is 1. The van der Waals surface area contributed by atoms with Gasteiger partial charge in [-0.3, -0.25) is 4.79 Å². The maximum Gasteiger partial charge on any atom is 0.222 e. The van der Waals surface area contributed by atoms with Crippen molar-refractivity contribution in [3.63, 3.8) is 0 Å². The third-order valence-electron chi connectivity index (χ3n) is 5.88. The first-order valence-electron chi connectivity index (χ1n) is 9.44. The zero-order valence-electron chi connectivity index (χ0n) is 14.6. The fraction of sp³-hybridized carbons (Fsp3) is 0.650. The Morgan fingerprint density at radius 2 is 2.17 bits per heavy atom. The van der Waals surface area contributed by atoms with Gasteiger partial charge in [0.2, 0.25) is 5.91 Å². The molecule has 2 heterocycles. The van der Waals surface area contributed by atoms with Crippen LogP contribution >= 0.6 is 0 Å². The molecule has 1 N–H and O–H groups in total. The number of carbonyl (C=O) groups excluding carboxylic acids is 1. The van der Waals surface area contributed by atoms with E-state index in [1.54, 1.807) is 0 Å². The maximum atomic E-state index is 11.8. The Morgan fingerprint density at radius 3 is 2.88 bits per heavy atom. The summed E-state index contributed by atoms with van der Waals surface area (Å²) in [7, 11) is 0. The van der Waals surface area contributed by atoms with E-state index in [1.165, 1.54) is 24.8 Å². The highest BCUT2D eigenvalue weighted by Crippen LogP contribution is 2.48. The Kier molecular flexibility index (Phi) is 4.25. The van der Waals surface area contributed by atoms with Gasteiger partial charge < -0.3 is 15.0 Å². The third-order valence-corrected chi connectivity index (χ3v) is 5.88. The van der Waals surface area contributed by atoms with Crippen LogP contribution in [0.2, 0.25) is 0 Å². The molecule has 1 saturated heterocycles. The number of para-hydroxylation sites is 1. The second-order valence-electron chi connectivity index (χ2n) is 7.89. The molecule has 1 amide bonds. The van der Waals surface area contributed by atoms with E-state index < -0.39 is 0 Å². The Bertz CT molecular complexity index is 611. The first-order chi connectivity index (χ1) is 11.7. The summed E-state index contributed by atoms with van der Waals surface area (Å²) in [4.78, 5) is 13.8.